The lowest BCUT2D eigenvalue weighted by Gasteiger charge is -2.47. The molecule has 0 saturated carbocycles. The van der Waals surface area contributed by atoms with Crippen molar-refractivity contribution in [3.05, 3.63) is 107 Å². The standard InChI is InChI=1S/C24H25N.ClH/c1-24(22-13-6-3-7-14-22)23-15-9-8-12-21(23)17-19-25(24)18-16-20-10-4-2-5-11-20;/h2-15H,16-19H2,1H3;1H. The summed E-state index contributed by atoms with van der Waals surface area (Å²) in [4.78, 5) is 2.66. The molecule has 1 unspecified atom stereocenters. The van der Waals surface area contributed by atoms with Gasteiger partial charge < -0.3 is 0 Å². The van der Waals surface area contributed by atoms with Gasteiger partial charge in [-0.3, -0.25) is 4.90 Å². The molecule has 134 valence electrons. The Bertz CT molecular complexity index is 831. The van der Waals surface area contributed by atoms with Gasteiger partial charge in [0.05, 0.1) is 5.54 Å². The van der Waals surface area contributed by atoms with Gasteiger partial charge in [-0.25, -0.2) is 0 Å². The van der Waals surface area contributed by atoms with E-state index in [9.17, 15) is 0 Å². The number of benzene rings is 3. The van der Waals surface area contributed by atoms with Crippen LogP contribution in [0.4, 0.5) is 0 Å². The normalized spacial score (nSPS) is 19.4. The quantitative estimate of drug-likeness (QED) is 0.593. The Hall–Kier alpha value is -2.09. The van der Waals surface area contributed by atoms with E-state index in [0.29, 0.717) is 0 Å². The van der Waals surface area contributed by atoms with Gasteiger partial charge in [-0.05, 0) is 42.0 Å². The molecule has 0 bridgehead atoms. The summed E-state index contributed by atoms with van der Waals surface area (Å²) in [5.74, 6) is 0. The number of rotatable bonds is 4. The first kappa shape index (κ1) is 18.7. The second-order valence-corrected chi connectivity index (χ2v) is 7.07. The van der Waals surface area contributed by atoms with Crippen molar-refractivity contribution >= 4 is 12.4 Å². The largest absolute Gasteiger partial charge is 0.289 e. The molecule has 0 saturated heterocycles. The molecule has 0 aromatic heterocycles. The van der Waals surface area contributed by atoms with E-state index >= 15 is 0 Å². The Morgan fingerprint density at radius 1 is 0.808 bits per heavy atom. The average molecular weight is 364 g/mol. The Morgan fingerprint density at radius 2 is 1.42 bits per heavy atom. The molecule has 0 aliphatic carbocycles. The summed E-state index contributed by atoms with van der Waals surface area (Å²) in [6.07, 6.45) is 2.22. The number of fused-ring (bicyclic) bond motifs is 1. The SMILES string of the molecule is CC1(c2ccccc2)c2ccccc2CCN1CCc1ccccc1.Cl. The van der Waals surface area contributed by atoms with Crippen molar-refractivity contribution in [3.63, 3.8) is 0 Å². The summed E-state index contributed by atoms with van der Waals surface area (Å²) in [5, 5.41) is 0. The van der Waals surface area contributed by atoms with Crippen LogP contribution in [0.2, 0.25) is 0 Å². The molecule has 0 radical (unpaired) electrons. The van der Waals surface area contributed by atoms with Crippen molar-refractivity contribution in [2.75, 3.05) is 13.1 Å². The number of nitrogens with zero attached hydrogens (tertiary/aromatic N) is 1. The lowest BCUT2D eigenvalue weighted by molar-refractivity contribution is 0.128. The smallest absolute Gasteiger partial charge is 0.0689 e. The highest BCUT2D eigenvalue weighted by Crippen LogP contribution is 2.40. The second-order valence-electron chi connectivity index (χ2n) is 7.07. The van der Waals surface area contributed by atoms with E-state index < -0.39 is 0 Å². The molecule has 3 aromatic rings. The molecule has 1 nitrogen and oxygen atoms in total. The first-order valence-electron chi connectivity index (χ1n) is 9.21. The first-order valence-corrected chi connectivity index (χ1v) is 9.21. The maximum atomic E-state index is 2.66. The van der Waals surface area contributed by atoms with Crippen molar-refractivity contribution in [1.82, 2.24) is 4.90 Å². The van der Waals surface area contributed by atoms with Gasteiger partial charge in [0.15, 0.2) is 0 Å². The van der Waals surface area contributed by atoms with E-state index in [4.69, 9.17) is 0 Å². The zero-order valence-electron chi connectivity index (χ0n) is 15.3. The molecule has 0 amide bonds. The fourth-order valence-corrected chi connectivity index (χ4v) is 4.21. The van der Waals surface area contributed by atoms with Crippen molar-refractivity contribution in [1.29, 1.82) is 0 Å². The third kappa shape index (κ3) is 3.42. The van der Waals surface area contributed by atoms with Crippen LogP contribution in [0.15, 0.2) is 84.9 Å². The molecule has 0 fully saturated rings. The Labute approximate surface area is 163 Å². The molecule has 0 N–H and O–H groups in total. The Morgan fingerprint density at radius 3 is 2.15 bits per heavy atom. The van der Waals surface area contributed by atoms with E-state index in [1.165, 1.54) is 22.3 Å². The van der Waals surface area contributed by atoms with Crippen molar-refractivity contribution in [2.45, 2.75) is 25.3 Å². The van der Waals surface area contributed by atoms with Crippen LogP contribution in [0.25, 0.3) is 0 Å². The van der Waals surface area contributed by atoms with Gasteiger partial charge in [-0.1, -0.05) is 84.9 Å². The van der Waals surface area contributed by atoms with Crippen LogP contribution in [-0.4, -0.2) is 18.0 Å². The van der Waals surface area contributed by atoms with Crippen LogP contribution in [0.3, 0.4) is 0 Å². The first-order chi connectivity index (χ1) is 12.3. The van der Waals surface area contributed by atoms with Gasteiger partial charge in [0, 0.05) is 13.1 Å². The van der Waals surface area contributed by atoms with Gasteiger partial charge in [0.1, 0.15) is 0 Å². The van der Waals surface area contributed by atoms with Crippen molar-refractivity contribution in [3.8, 4) is 0 Å². The number of hydrogen-bond acceptors (Lipinski definition) is 1. The summed E-state index contributed by atoms with van der Waals surface area (Å²) >= 11 is 0. The highest BCUT2D eigenvalue weighted by atomic mass is 35.5. The summed E-state index contributed by atoms with van der Waals surface area (Å²) in [6, 6.07) is 30.8. The topological polar surface area (TPSA) is 3.24 Å². The van der Waals surface area contributed by atoms with Crippen molar-refractivity contribution < 1.29 is 0 Å². The van der Waals surface area contributed by atoms with E-state index in [-0.39, 0.29) is 17.9 Å². The monoisotopic (exact) mass is 363 g/mol. The molecule has 26 heavy (non-hydrogen) atoms. The Kier molecular flexibility index (Phi) is 5.80. The molecule has 4 rings (SSSR count). The lowest BCUT2D eigenvalue weighted by atomic mass is 9.77. The molecule has 0 spiro atoms. The van der Waals surface area contributed by atoms with E-state index in [0.717, 1.165) is 25.9 Å². The number of halogens is 1. The van der Waals surface area contributed by atoms with Crippen LogP contribution < -0.4 is 0 Å². The molecule has 1 atom stereocenters. The summed E-state index contributed by atoms with van der Waals surface area (Å²) < 4.78 is 0. The molecule has 2 heteroatoms. The highest BCUT2D eigenvalue weighted by Gasteiger charge is 2.39. The van der Waals surface area contributed by atoms with Gasteiger partial charge in [-0.2, -0.15) is 0 Å². The zero-order chi connectivity index (χ0) is 17.1. The maximum Gasteiger partial charge on any atom is 0.0689 e. The minimum Gasteiger partial charge on any atom is -0.289 e. The minimum atomic E-state index is -0.0646. The maximum absolute atomic E-state index is 2.66. The fourth-order valence-electron chi connectivity index (χ4n) is 4.21. The predicted molar refractivity (Wildman–Crippen MR) is 112 cm³/mol. The van der Waals surface area contributed by atoms with E-state index in [1.807, 2.05) is 0 Å². The zero-order valence-corrected chi connectivity index (χ0v) is 16.1. The van der Waals surface area contributed by atoms with Gasteiger partial charge in [0.2, 0.25) is 0 Å². The average Bonchev–Trinajstić information content (AvgIpc) is 2.69. The van der Waals surface area contributed by atoms with E-state index in [2.05, 4.69) is 96.8 Å². The third-order valence-corrected chi connectivity index (χ3v) is 5.67. The number of hydrogen-bond donors (Lipinski definition) is 0. The Balaban J connectivity index is 0.00000196. The van der Waals surface area contributed by atoms with Crippen LogP contribution in [-0.2, 0) is 18.4 Å². The van der Waals surface area contributed by atoms with E-state index in [1.54, 1.807) is 0 Å². The van der Waals surface area contributed by atoms with Crippen LogP contribution in [0.5, 0.6) is 0 Å². The van der Waals surface area contributed by atoms with Gasteiger partial charge in [0.25, 0.3) is 0 Å². The fraction of sp³-hybridized carbons (Fsp3) is 0.250. The summed E-state index contributed by atoms with van der Waals surface area (Å²) in [7, 11) is 0. The minimum absolute atomic E-state index is 0. The molecule has 1 aliphatic rings. The van der Waals surface area contributed by atoms with Gasteiger partial charge >= 0.3 is 0 Å². The summed E-state index contributed by atoms with van der Waals surface area (Å²) in [5.41, 5.74) is 5.68. The summed E-state index contributed by atoms with van der Waals surface area (Å²) in [6.45, 7) is 4.57. The molecule has 1 heterocycles. The third-order valence-electron chi connectivity index (χ3n) is 5.67. The van der Waals surface area contributed by atoms with Crippen LogP contribution in [0, 0.1) is 0 Å². The van der Waals surface area contributed by atoms with Gasteiger partial charge in [-0.15, -0.1) is 12.4 Å². The molecule has 1 aliphatic heterocycles. The second kappa shape index (κ2) is 8.07. The molecular weight excluding hydrogens is 338 g/mol. The van der Waals surface area contributed by atoms with Crippen molar-refractivity contribution in [2.24, 2.45) is 0 Å². The highest BCUT2D eigenvalue weighted by molar-refractivity contribution is 5.85. The predicted octanol–water partition coefficient (Wildman–Crippen LogP) is 5.47. The molecule has 3 aromatic carbocycles. The van der Waals surface area contributed by atoms with Crippen LogP contribution >= 0.6 is 12.4 Å². The van der Waals surface area contributed by atoms with Crippen LogP contribution in [0.1, 0.15) is 29.2 Å². The lowest BCUT2D eigenvalue weighted by Crippen LogP contribution is -2.50. The molecular formula is C24H26ClN.